The molecule has 5 rings (SSSR count). The van der Waals surface area contributed by atoms with Crippen LogP contribution in [-0.2, 0) is 0 Å². The molecule has 0 spiro atoms. The van der Waals surface area contributed by atoms with E-state index in [1.807, 2.05) is 39.7 Å². The van der Waals surface area contributed by atoms with Gasteiger partial charge in [-0.05, 0) is 62.4 Å². The van der Waals surface area contributed by atoms with Crippen molar-refractivity contribution in [3.63, 3.8) is 0 Å². The highest BCUT2D eigenvalue weighted by atomic mass is 16.5. The van der Waals surface area contributed by atoms with Crippen LogP contribution in [0.3, 0.4) is 0 Å². The summed E-state index contributed by atoms with van der Waals surface area (Å²) in [6.45, 7) is 1.65. The monoisotopic (exact) mass is 376 g/mol. The van der Waals surface area contributed by atoms with Gasteiger partial charge in [0.1, 0.15) is 5.75 Å². The van der Waals surface area contributed by atoms with Gasteiger partial charge in [-0.2, -0.15) is 5.10 Å². The minimum Gasteiger partial charge on any atom is -0.497 e. The zero-order valence-electron chi connectivity index (χ0n) is 16.1. The van der Waals surface area contributed by atoms with Gasteiger partial charge in [-0.25, -0.2) is 9.50 Å². The number of carbonyl (C=O) groups is 1. The maximum absolute atomic E-state index is 12.9. The molecule has 0 radical (unpaired) electrons. The number of hydrogen-bond acceptors (Lipinski definition) is 4. The molecule has 0 unspecified atom stereocenters. The van der Waals surface area contributed by atoms with E-state index in [-0.39, 0.29) is 5.91 Å². The summed E-state index contributed by atoms with van der Waals surface area (Å²) in [7, 11) is 1.66. The number of ether oxygens (including phenoxy) is 1. The van der Waals surface area contributed by atoms with Gasteiger partial charge in [0.15, 0.2) is 11.3 Å². The van der Waals surface area contributed by atoms with Gasteiger partial charge in [-0.3, -0.25) is 4.79 Å². The Morgan fingerprint density at radius 1 is 1.07 bits per heavy atom. The zero-order chi connectivity index (χ0) is 19.1. The lowest BCUT2D eigenvalue weighted by Gasteiger charge is -2.25. The Morgan fingerprint density at radius 3 is 2.50 bits per heavy atom. The average molecular weight is 376 g/mol. The van der Waals surface area contributed by atoms with Gasteiger partial charge in [-0.1, -0.05) is 0 Å². The van der Waals surface area contributed by atoms with E-state index >= 15 is 0 Å². The second kappa shape index (κ2) is 6.93. The summed E-state index contributed by atoms with van der Waals surface area (Å²) in [6.07, 6.45) is 5.68. The van der Waals surface area contributed by atoms with Crippen molar-refractivity contribution >= 4 is 11.6 Å². The third-order valence-electron chi connectivity index (χ3n) is 5.70. The molecule has 1 aromatic carbocycles. The molecular formula is C22H24N4O2. The number of hydrogen-bond donors (Lipinski definition) is 0. The molecule has 6 nitrogen and oxygen atoms in total. The van der Waals surface area contributed by atoms with Gasteiger partial charge < -0.3 is 9.64 Å². The molecule has 144 valence electrons. The van der Waals surface area contributed by atoms with E-state index in [0.29, 0.717) is 11.6 Å². The SMILES string of the molecule is COc1ccc(-c2cc(C3CC3)n3nc(C(=O)N4CCCCC4)cc3n2)cc1. The fraction of sp³-hybridized carbons (Fsp3) is 0.409. The number of aromatic nitrogens is 3. The number of piperidine rings is 1. The number of amides is 1. The maximum atomic E-state index is 12.9. The number of likely N-dealkylation sites (tertiary alicyclic amines) is 1. The fourth-order valence-corrected chi connectivity index (χ4v) is 3.94. The molecule has 28 heavy (non-hydrogen) atoms. The summed E-state index contributed by atoms with van der Waals surface area (Å²) in [5.74, 6) is 1.35. The Morgan fingerprint density at radius 2 is 1.82 bits per heavy atom. The fourth-order valence-electron chi connectivity index (χ4n) is 3.94. The Kier molecular flexibility index (Phi) is 4.26. The Balaban J connectivity index is 1.55. The number of fused-ring (bicyclic) bond motifs is 1. The first-order valence-corrected chi connectivity index (χ1v) is 10.1. The number of nitrogens with zero attached hydrogens (tertiary/aromatic N) is 4. The lowest BCUT2D eigenvalue weighted by molar-refractivity contribution is 0.0718. The van der Waals surface area contributed by atoms with Gasteiger partial charge in [-0.15, -0.1) is 0 Å². The second-order valence-corrected chi connectivity index (χ2v) is 7.72. The van der Waals surface area contributed by atoms with Crippen molar-refractivity contribution in [3.05, 3.63) is 47.8 Å². The first-order chi connectivity index (χ1) is 13.7. The minimum absolute atomic E-state index is 0.0259. The minimum atomic E-state index is 0.0259. The van der Waals surface area contributed by atoms with Gasteiger partial charge in [0.2, 0.25) is 0 Å². The van der Waals surface area contributed by atoms with Crippen LogP contribution in [0.5, 0.6) is 5.75 Å². The number of methoxy groups -OCH3 is 1. The molecule has 1 aliphatic heterocycles. The predicted molar refractivity (Wildman–Crippen MR) is 107 cm³/mol. The quantitative estimate of drug-likeness (QED) is 0.693. The molecule has 3 aromatic rings. The third-order valence-corrected chi connectivity index (χ3v) is 5.70. The van der Waals surface area contributed by atoms with Crippen molar-refractivity contribution < 1.29 is 9.53 Å². The van der Waals surface area contributed by atoms with E-state index < -0.39 is 0 Å². The molecule has 0 bridgehead atoms. The smallest absolute Gasteiger partial charge is 0.274 e. The summed E-state index contributed by atoms with van der Waals surface area (Å²) >= 11 is 0. The van der Waals surface area contributed by atoms with E-state index in [4.69, 9.17) is 9.72 Å². The molecule has 1 saturated heterocycles. The molecular weight excluding hydrogens is 352 g/mol. The molecule has 2 aromatic heterocycles. The highest BCUT2D eigenvalue weighted by Gasteiger charge is 2.29. The summed E-state index contributed by atoms with van der Waals surface area (Å²) < 4.78 is 7.13. The van der Waals surface area contributed by atoms with E-state index in [2.05, 4.69) is 11.2 Å². The lowest BCUT2D eigenvalue weighted by Crippen LogP contribution is -2.35. The van der Waals surface area contributed by atoms with Crippen LogP contribution in [0.15, 0.2) is 36.4 Å². The van der Waals surface area contributed by atoms with Crippen molar-refractivity contribution in [2.75, 3.05) is 20.2 Å². The number of benzene rings is 1. The predicted octanol–water partition coefficient (Wildman–Crippen LogP) is 3.91. The van der Waals surface area contributed by atoms with Gasteiger partial charge in [0.25, 0.3) is 5.91 Å². The molecule has 6 heteroatoms. The highest BCUT2D eigenvalue weighted by molar-refractivity contribution is 5.93. The van der Waals surface area contributed by atoms with Crippen molar-refractivity contribution in [3.8, 4) is 17.0 Å². The summed E-state index contributed by atoms with van der Waals surface area (Å²) in [4.78, 5) is 19.6. The molecule has 0 N–H and O–H groups in total. The van der Waals surface area contributed by atoms with E-state index in [1.54, 1.807) is 7.11 Å². The first-order valence-electron chi connectivity index (χ1n) is 10.1. The van der Waals surface area contributed by atoms with Crippen molar-refractivity contribution in [1.29, 1.82) is 0 Å². The van der Waals surface area contributed by atoms with Crippen LogP contribution in [0.2, 0.25) is 0 Å². The summed E-state index contributed by atoms with van der Waals surface area (Å²) in [5.41, 5.74) is 4.34. The van der Waals surface area contributed by atoms with Crippen LogP contribution in [0.25, 0.3) is 16.9 Å². The highest BCUT2D eigenvalue weighted by Crippen LogP contribution is 2.41. The number of rotatable bonds is 4. The van der Waals surface area contributed by atoms with Crippen LogP contribution < -0.4 is 4.74 Å². The van der Waals surface area contributed by atoms with Crippen LogP contribution in [0, 0.1) is 0 Å². The van der Waals surface area contributed by atoms with Crippen LogP contribution in [-0.4, -0.2) is 45.6 Å². The molecule has 0 atom stereocenters. The topological polar surface area (TPSA) is 59.7 Å². The summed E-state index contributed by atoms with van der Waals surface area (Å²) in [5, 5.41) is 4.65. The molecule has 1 amide bonds. The summed E-state index contributed by atoms with van der Waals surface area (Å²) in [6, 6.07) is 11.9. The Labute approximate surface area is 164 Å². The third kappa shape index (κ3) is 3.13. The standard InChI is InChI=1S/C22H24N4O2/c1-28-17-9-7-15(8-10-17)18-13-20(16-5-6-16)26-21(23-18)14-19(24-26)22(27)25-11-3-2-4-12-25/h7-10,13-14,16H,2-6,11-12H2,1H3. The van der Waals surface area contributed by atoms with E-state index in [9.17, 15) is 4.79 Å². The first kappa shape index (κ1) is 17.2. The second-order valence-electron chi connectivity index (χ2n) is 7.72. The van der Waals surface area contributed by atoms with Gasteiger partial charge in [0, 0.05) is 36.3 Å². The largest absolute Gasteiger partial charge is 0.497 e. The van der Waals surface area contributed by atoms with Crippen LogP contribution >= 0.6 is 0 Å². The molecule has 1 aliphatic carbocycles. The molecule has 2 fully saturated rings. The van der Waals surface area contributed by atoms with Gasteiger partial charge >= 0.3 is 0 Å². The molecule has 2 aliphatic rings. The molecule has 3 heterocycles. The van der Waals surface area contributed by atoms with Crippen LogP contribution in [0.1, 0.15) is 54.2 Å². The van der Waals surface area contributed by atoms with Crippen LogP contribution in [0.4, 0.5) is 0 Å². The van der Waals surface area contributed by atoms with E-state index in [1.165, 1.54) is 6.42 Å². The van der Waals surface area contributed by atoms with Crippen molar-refractivity contribution in [2.24, 2.45) is 0 Å². The molecule has 1 saturated carbocycles. The Hall–Kier alpha value is -2.89. The maximum Gasteiger partial charge on any atom is 0.274 e. The number of carbonyl (C=O) groups excluding carboxylic acids is 1. The van der Waals surface area contributed by atoms with Gasteiger partial charge in [0.05, 0.1) is 12.8 Å². The van der Waals surface area contributed by atoms with E-state index in [0.717, 1.165) is 67.1 Å². The lowest BCUT2D eigenvalue weighted by atomic mass is 10.1. The normalized spacial score (nSPS) is 17.1. The van der Waals surface area contributed by atoms with Crippen molar-refractivity contribution in [1.82, 2.24) is 19.5 Å². The Bertz CT molecular complexity index is 1010. The average Bonchev–Trinajstić information content (AvgIpc) is 3.51. The zero-order valence-corrected chi connectivity index (χ0v) is 16.1. The van der Waals surface area contributed by atoms with Crippen molar-refractivity contribution in [2.45, 2.75) is 38.0 Å².